The molecule has 0 aliphatic carbocycles. The molecule has 0 unspecified atom stereocenters. The van der Waals surface area contributed by atoms with Crippen LogP contribution in [0.4, 0.5) is 0 Å². The molecule has 2 aromatic carbocycles. The Morgan fingerprint density at radius 3 is 2.04 bits per heavy atom. The van der Waals surface area contributed by atoms with E-state index in [9.17, 15) is 9.59 Å². The van der Waals surface area contributed by atoms with Crippen LogP contribution in [-0.4, -0.2) is 65.3 Å². The molecule has 2 amide bonds. The lowest BCUT2D eigenvalue weighted by molar-refractivity contribution is -0.139. The summed E-state index contributed by atoms with van der Waals surface area (Å²) in [5, 5.41) is 0. The van der Waals surface area contributed by atoms with E-state index in [1.807, 2.05) is 36.4 Å². The number of benzene rings is 2. The number of imide groups is 1. The van der Waals surface area contributed by atoms with Crippen molar-refractivity contribution in [3.8, 4) is 0 Å². The van der Waals surface area contributed by atoms with Crippen molar-refractivity contribution < 1.29 is 9.59 Å². The molecule has 5 nitrogen and oxygen atoms in total. The molecule has 0 bridgehead atoms. The molecule has 2 aliphatic rings. The van der Waals surface area contributed by atoms with Crippen LogP contribution in [0.2, 0.25) is 0 Å². The molecule has 0 saturated carbocycles. The van der Waals surface area contributed by atoms with Crippen molar-refractivity contribution in [2.45, 2.75) is 25.4 Å². The van der Waals surface area contributed by atoms with Gasteiger partial charge in [0, 0.05) is 39.3 Å². The summed E-state index contributed by atoms with van der Waals surface area (Å²) < 4.78 is 0. The minimum Gasteiger partial charge on any atom is -0.297 e. The average Bonchev–Trinajstić information content (AvgIpc) is 3.02. The molecule has 0 aromatic heterocycles. The monoisotopic (exact) mass is 377 g/mol. The third-order valence-electron chi connectivity index (χ3n) is 5.78. The predicted molar refractivity (Wildman–Crippen MR) is 109 cm³/mol. The number of hydrogen-bond donors (Lipinski definition) is 0. The third-order valence-corrected chi connectivity index (χ3v) is 5.78. The standard InChI is InChI=1S/C23H27N3O2/c27-22-17-21(23(28)26(22)12-11-19-7-3-1-4-8-19)25-15-13-24(14-16-25)18-20-9-5-2-6-10-20/h1-10,21H,11-18H2/t21-/m0/s1. The molecule has 2 aliphatic heterocycles. The molecule has 2 saturated heterocycles. The lowest BCUT2D eigenvalue weighted by atomic mass is 10.1. The number of hydrogen-bond acceptors (Lipinski definition) is 4. The Morgan fingerprint density at radius 1 is 0.786 bits per heavy atom. The van der Waals surface area contributed by atoms with E-state index >= 15 is 0 Å². The number of nitrogens with zero attached hydrogens (tertiary/aromatic N) is 3. The maximum atomic E-state index is 12.9. The molecule has 5 heteroatoms. The Hall–Kier alpha value is -2.50. The van der Waals surface area contributed by atoms with Crippen LogP contribution < -0.4 is 0 Å². The van der Waals surface area contributed by atoms with Gasteiger partial charge in [-0.05, 0) is 17.5 Å². The molecule has 2 aromatic rings. The normalized spacial score (nSPS) is 21.4. The van der Waals surface area contributed by atoms with Crippen molar-refractivity contribution in [1.29, 1.82) is 0 Å². The number of piperazine rings is 1. The number of likely N-dealkylation sites (tertiary alicyclic amines) is 1. The Morgan fingerprint density at radius 2 is 1.39 bits per heavy atom. The molecule has 1 atom stereocenters. The summed E-state index contributed by atoms with van der Waals surface area (Å²) in [5.74, 6) is -0.0462. The molecule has 2 heterocycles. The zero-order valence-electron chi connectivity index (χ0n) is 16.2. The van der Waals surface area contributed by atoms with Gasteiger partial charge >= 0.3 is 0 Å². The summed E-state index contributed by atoms with van der Waals surface area (Å²) in [6.45, 7) is 4.95. The summed E-state index contributed by atoms with van der Waals surface area (Å²) in [6, 6.07) is 20.2. The Bertz CT molecular complexity index is 801. The van der Waals surface area contributed by atoms with E-state index in [0.29, 0.717) is 13.0 Å². The van der Waals surface area contributed by atoms with Gasteiger partial charge in [0.25, 0.3) is 0 Å². The van der Waals surface area contributed by atoms with Crippen LogP contribution in [-0.2, 0) is 22.6 Å². The van der Waals surface area contributed by atoms with Gasteiger partial charge in [0.1, 0.15) is 0 Å². The first-order chi connectivity index (χ1) is 13.7. The van der Waals surface area contributed by atoms with Crippen LogP contribution in [0.25, 0.3) is 0 Å². The maximum absolute atomic E-state index is 12.9. The summed E-state index contributed by atoms with van der Waals surface area (Å²) >= 11 is 0. The third kappa shape index (κ3) is 4.32. The first-order valence-electron chi connectivity index (χ1n) is 10.1. The topological polar surface area (TPSA) is 43.9 Å². The quantitative estimate of drug-likeness (QED) is 0.724. The fourth-order valence-corrected chi connectivity index (χ4v) is 4.15. The highest BCUT2D eigenvalue weighted by atomic mass is 16.2. The van der Waals surface area contributed by atoms with Crippen molar-refractivity contribution in [2.24, 2.45) is 0 Å². The minimum atomic E-state index is -0.276. The van der Waals surface area contributed by atoms with Gasteiger partial charge in [-0.15, -0.1) is 0 Å². The van der Waals surface area contributed by atoms with Crippen molar-refractivity contribution in [3.05, 3.63) is 71.8 Å². The number of carbonyl (C=O) groups is 2. The van der Waals surface area contributed by atoms with Crippen LogP contribution in [0.1, 0.15) is 17.5 Å². The second-order valence-electron chi connectivity index (χ2n) is 7.64. The van der Waals surface area contributed by atoms with E-state index in [4.69, 9.17) is 0 Å². The Balaban J connectivity index is 1.29. The first-order valence-corrected chi connectivity index (χ1v) is 10.1. The lowest BCUT2D eigenvalue weighted by Crippen LogP contribution is -2.52. The van der Waals surface area contributed by atoms with Crippen molar-refractivity contribution in [2.75, 3.05) is 32.7 Å². The summed E-state index contributed by atoms with van der Waals surface area (Å²) in [5.41, 5.74) is 2.47. The van der Waals surface area contributed by atoms with E-state index in [2.05, 4.69) is 34.1 Å². The van der Waals surface area contributed by atoms with Gasteiger partial charge in [0.2, 0.25) is 11.8 Å². The number of rotatable bonds is 6. The van der Waals surface area contributed by atoms with Gasteiger partial charge in [0.05, 0.1) is 12.5 Å². The highest BCUT2D eigenvalue weighted by molar-refractivity contribution is 6.05. The predicted octanol–water partition coefficient (Wildman–Crippen LogP) is 2.17. The molecular weight excluding hydrogens is 350 g/mol. The second kappa shape index (κ2) is 8.67. The maximum Gasteiger partial charge on any atom is 0.247 e. The van der Waals surface area contributed by atoms with E-state index in [-0.39, 0.29) is 17.9 Å². The van der Waals surface area contributed by atoms with Crippen molar-refractivity contribution in [1.82, 2.24) is 14.7 Å². The zero-order chi connectivity index (χ0) is 19.3. The van der Waals surface area contributed by atoms with Gasteiger partial charge in [-0.1, -0.05) is 60.7 Å². The molecule has 28 heavy (non-hydrogen) atoms. The fraction of sp³-hybridized carbons (Fsp3) is 0.391. The van der Waals surface area contributed by atoms with Gasteiger partial charge in [-0.25, -0.2) is 0 Å². The van der Waals surface area contributed by atoms with Gasteiger partial charge < -0.3 is 0 Å². The van der Waals surface area contributed by atoms with E-state index in [1.54, 1.807) is 0 Å². The van der Waals surface area contributed by atoms with E-state index in [1.165, 1.54) is 10.5 Å². The SMILES string of the molecule is O=C1C[C@H](N2CCN(Cc3ccccc3)CC2)C(=O)N1CCc1ccccc1. The smallest absolute Gasteiger partial charge is 0.247 e. The molecule has 0 radical (unpaired) electrons. The van der Waals surface area contributed by atoms with E-state index < -0.39 is 0 Å². The minimum absolute atomic E-state index is 0.0163. The Kier molecular flexibility index (Phi) is 5.84. The van der Waals surface area contributed by atoms with Crippen LogP contribution >= 0.6 is 0 Å². The summed E-state index contributed by atoms with van der Waals surface area (Å²) in [6.07, 6.45) is 1.04. The highest BCUT2D eigenvalue weighted by Crippen LogP contribution is 2.21. The van der Waals surface area contributed by atoms with E-state index in [0.717, 1.165) is 44.7 Å². The molecule has 0 spiro atoms. The van der Waals surface area contributed by atoms with Crippen LogP contribution in [0.15, 0.2) is 60.7 Å². The Labute approximate surface area is 166 Å². The molecule has 0 N–H and O–H groups in total. The summed E-state index contributed by atoms with van der Waals surface area (Å²) in [7, 11) is 0. The van der Waals surface area contributed by atoms with Crippen molar-refractivity contribution >= 4 is 11.8 Å². The zero-order valence-corrected chi connectivity index (χ0v) is 16.2. The average molecular weight is 377 g/mol. The number of amides is 2. The van der Waals surface area contributed by atoms with Crippen molar-refractivity contribution in [3.63, 3.8) is 0 Å². The van der Waals surface area contributed by atoms with Gasteiger partial charge in [0.15, 0.2) is 0 Å². The molecule has 2 fully saturated rings. The van der Waals surface area contributed by atoms with Gasteiger partial charge in [-0.2, -0.15) is 0 Å². The molecule has 146 valence electrons. The highest BCUT2D eigenvalue weighted by Gasteiger charge is 2.42. The fourth-order valence-electron chi connectivity index (χ4n) is 4.15. The van der Waals surface area contributed by atoms with Gasteiger partial charge in [-0.3, -0.25) is 24.3 Å². The molecular formula is C23H27N3O2. The van der Waals surface area contributed by atoms with Crippen LogP contribution in [0, 0.1) is 0 Å². The molecule has 4 rings (SSSR count). The largest absolute Gasteiger partial charge is 0.297 e. The van der Waals surface area contributed by atoms with Crippen LogP contribution in [0.5, 0.6) is 0 Å². The van der Waals surface area contributed by atoms with Crippen LogP contribution in [0.3, 0.4) is 0 Å². The summed E-state index contributed by atoms with van der Waals surface area (Å²) in [4.78, 5) is 31.4. The first kappa shape index (κ1) is 18.8. The second-order valence-corrected chi connectivity index (χ2v) is 7.64. The lowest BCUT2D eigenvalue weighted by Gasteiger charge is -2.37. The number of carbonyl (C=O) groups excluding carboxylic acids is 2.